The first-order valence-corrected chi connectivity index (χ1v) is 11.4. The molecule has 6 nitrogen and oxygen atoms in total. The molecule has 0 spiro atoms. The Kier molecular flexibility index (Phi) is 4.99. The number of nitro groups is 1. The largest absolute Gasteiger partial charge is 0.360 e. The average molecular weight is 419 g/mol. The zero-order valence-corrected chi connectivity index (χ0v) is 15.5. The predicted octanol–water partition coefficient (Wildman–Crippen LogP) is 3.86. The molecule has 21 heavy (non-hydrogen) atoms. The third kappa shape index (κ3) is 4.24. The maximum Gasteiger partial charge on any atom is 0.270 e. The molecule has 1 heterocycles. The molecule has 0 aliphatic heterocycles. The zero-order valence-electron chi connectivity index (χ0n) is 12.3. The van der Waals surface area contributed by atoms with Crippen LogP contribution < -0.4 is 0 Å². The fourth-order valence-corrected chi connectivity index (χ4v) is 3.32. The van der Waals surface area contributed by atoms with Crippen LogP contribution in [0.1, 0.15) is 0 Å². The fraction of sp³-hybridized carbons (Fsp3) is 0.462. The van der Waals surface area contributed by atoms with Crippen LogP contribution in [0.4, 0.5) is 5.69 Å². The second-order valence-corrected chi connectivity index (χ2v) is 12.7. The van der Waals surface area contributed by atoms with Gasteiger partial charge in [0.1, 0.15) is 10.4 Å². The molecule has 0 saturated carbocycles. The monoisotopic (exact) mass is 419 g/mol. The van der Waals surface area contributed by atoms with Crippen LogP contribution in [0.2, 0.25) is 25.7 Å². The van der Waals surface area contributed by atoms with E-state index in [0.29, 0.717) is 6.73 Å². The van der Waals surface area contributed by atoms with Crippen LogP contribution in [0.15, 0.2) is 18.2 Å². The molecule has 2 rings (SSSR count). The van der Waals surface area contributed by atoms with Crippen LogP contribution in [0.5, 0.6) is 0 Å². The van der Waals surface area contributed by atoms with Gasteiger partial charge in [-0.05, 0) is 34.7 Å². The van der Waals surface area contributed by atoms with Gasteiger partial charge < -0.3 is 4.74 Å². The highest BCUT2D eigenvalue weighted by atomic mass is 127. The van der Waals surface area contributed by atoms with Crippen molar-refractivity contribution in [3.63, 3.8) is 0 Å². The van der Waals surface area contributed by atoms with Gasteiger partial charge in [0.05, 0.1) is 10.4 Å². The Labute approximate surface area is 137 Å². The SMILES string of the molecule is C[Si](C)(C)CCOCn1nc(I)c2cc([N+](=O)[O-])ccc21. The summed E-state index contributed by atoms with van der Waals surface area (Å²) in [6.45, 7) is 8.02. The molecule has 8 heteroatoms. The molecule has 0 fully saturated rings. The summed E-state index contributed by atoms with van der Waals surface area (Å²) in [5.41, 5.74) is 0.942. The van der Waals surface area contributed by atoms with Crippen LogP contribution in [-0.2, 0) is 11.5 Å². The van der Waals surface area contributed by atoms with Crippen molar-refractivity contribution in [2.24, 2.45) is 0 Å². The van der Waals surface area contributed by atoms with Gasteiger partial charge in [-0.15, -0.1) is 0 Å². The van der Waals surface area contributed by atoms with Gasteiger partial charge in [-0.2, -0.15) is 5.10 Å². The van der Waals surface area contributed by atoms with E-state index >= 15 is 0 Å². The number of aromatic nitrogens is 2. The summed E-state index contributed by atoms with van der Waals surface area (Å²) in [7, 11) is -1.10. The molecule has 0 bridgehead atoms. The Morgan fingerprint density at radius 3 is 2.76 bits per heavy atom. The number of hydrogen-bond donors (Lipinski definition) is 0. The lowest BCUT2D eigenvalue weighted by Gasteiger charge is -2.15. The summed E-state index contributed by atoms with van der Waals surface area (Å²) < 4.78 is 8.20. The van der Waals surface area contributed by atoms with Crippen LogP contribution in [-0.4, -0.2) is 29.4 Å². The molecule has 0 atom stereocenters. The van der Waals surface area contributed by atoms with Crippen LogP contribution in [0, 0.1) is 13.8 Å². The second kappa shape index (κ2) is 6.40. The number of nitro benzene ring substituents is 1. The van der Waals surface area contributed by atoms with E-state index in [4.69, 9.17) is 4.74 Å². The minimum Gasteiger partial charge on any atom is -0.360 e. The second-order valence-electron chi connectivity index (χ2n) is 6.10. The smallest absolute Gasteiger partial charge is 0.270 e. The van der Waals surface area contributed by atoms with Gasteiger partial charge in [0.25, 0.3) is 5.69 Å². The Balaban J connectivity index is 2.12. The highest BCUT2D eigenvalue weighted by Crippen LogP contribution is 2.25. The standard InChI is InChI=1S/C13H18IN3O3Si/c1-21(2,3)7-6-20-9-16-12-5-4-10(17(18)19)8-11(12)13(14)15-16/h4-5,8H,6-7,9H2,1-3H3. The fourth-order valence-electron chi connectivity index (χ4n) is 1.87. The maximum absolute atomic E-state index is 10.8. The number of non-ortho nitro benzene ring substituents is 1. The van der Waals surface area contributed by atoms with E-state index in [9.17, 15) is 10.1 Å². The molecule has 0 unspecified atom stereocenters. The number of fused-ring (bicyclic) bond motifs is 1. The van der Waals surface area contributed by atoms with Crippen molar-refractivity contribution in [1.29, 1.82) is 0 Å². The quantitative estimate of drug-likeness (QED) is 0.234. The number of nitrogens with zero attached hydrogens (tertiary/aromatic N) is 3. The maximum atomic E-state index is 10.8. The average Bonchev–Trinajstić information content (AvgIpc) is 2.70. The van der Waals surface area contributed by atoms with Gasteiger partial charge in [0.2, 0.25) is 0 Å². The van der Waals surface area contributed by atoms with E-state index < -0.39 is 13.0 Å². The van der Waals surface area contributed by atoms with Gasteiger partial charge >= 0.3 is 0 Å². The van der Waals surface area contributed by atoms with Gasteiger partial charge in [0, 0.05) is 32.2 Å². The Hall–Kier alpha value is -1.00. The number of hydrogen-bond acceptors (Lipinski definition) is 4. The van der Waals surface area contributed by atoms with E-state index in [0.717, 1.165) is 27.3 Å². The summed E-state index contributed by atoms with van der Waals surface area (Å²) in [4.78, 5) is 10.4. The normalized spacial score (nSPS) is 12.0. The van der Waals surface area contributed by atoms with Crippen molar-refractivity contribution in [2.45, 2.75) is 32.4 Å². The first kappa shape index (κ1) is 16.4. The van der Waals surface area contributed by atoms with Gasteiger partial charge in [-0.25, -0.2) is 4.68 Å². The van der Waals surface area contributed by atoms with Gasteiger partial charge in [-0.1, -0.05) is 19.6 Å². The van der Waals surface area contributed by atoms with Crippen molar-refractivity contribution in [1.82, 2.24) is 9.78 Å². The molecular formula is C13H18IN3O3Si. The number of benzene rings is 1. The topological polar surface area (TPSA) is 70.2 Å². The summed E-state index contributed by atoms with van der Waals surface area (Å²) in [6.07, 6.45) is 0. The van der Waals surface area contributed by atoms with E-state index in [1.165, 1.54) is 6.07 Å². The third-order valence-corrected chi connectivity index (χ3v) is 5.61. The van der Waals surface area contributed by atoms with Crippen LogP contribution in [0.3, 0.4) is 0 Å². The first-order chi connectivity index (χ1) is 9.78. The highest BCUT2D eigenvalue weighted by molar-refractivity contribution is 14.1. The summed E-state index contributed by atoms with van der Waals surface area (Å²) >= 11 is 2.09. The molecule has 1 aromatic carbocycles. The van der Waals surface area contributed by atoms with E-state index in [1.807, 2.05) is 0 Å². The predicted molar refractivity (Wildman–Crippen MR) is 93.2 cm³/mol. The molecule has 0 aliphatic rings. The summed E-state index contributed by atoms with van der Waals surface area (Å²) in [6, 6.07) is 5.89. The number of ether oxygens (including phenoxy) is 1. The van der Waals surface area contributed by atoms with E-state index in [2.05, 4.69) is 47.3 Å². The highest BCUT2D eigenvalue weighted by Gasteiger charge is 2.15. The van der Waals surface area contributed by atoms with Crippen molar-refractivity contribution >= 4 is 47.3 Å². The van der Waals surface area contributed by atoms with Crippen molar-refractivity contribution in [3.05, 3.63) is 32.0 Å². The molecule has 0 N–H and O–H groups in total. The molecule has 114 valence electrons. The summed E-state index contributed by atoms with van der Waals surface area (Å²) in [5.74, 6) is 0. The molecule has 2 aromatic rings. The number of halogens is 1. The Morgan fingerprint density at radius 2 is 2.14 bits per heavy atom. The van der Waals surface area contributed by atoms with Gasteiger partial charge in [0.15, 0.2) is 0 Å². The lowest BCUT2D eigenvalue weighted by Crippen LogP contribution is -2.22. The third-order valence-electron chi connectivity index (χ3n) is 3.11. The van der Waals surface area contributed by atoms with E-state index in [-0.39, 0.29) is 5.69 Å². The lowest BCUT2D eigenvalue weighted by atomic mass is 10.2. The molecular weight excluding hydrogens is 401 g/mol. The van der Waals surface area contributed by atoms with Crippen LogP contribution in [0.25, 0.3) is 10.9 Å². The van der Waals surface area contributed by atoms with E-state index in [1.54, 1.807) is 16.8 Å². The van der Waals surface area contributed by atoms with Crippen molar-refractivity contribution in [3.8, 4) is 0 Å². The lowest BCUT2D eigenvalue weighted by molar-refractivity contribution is -0.384. The number of rotatable bonds is 6. The molecule has 0 aliphatic carbocycles. The zero-order chi connectivity index (χ0) is 15.6. The minimum absolute atomic E-state index is 0.0830. The first-order valence-electron chi connectivity index (χ1n) is 6.66. The molecule has 0 saturated heterocycles. The Morgan fingerprint density at radius 1 is 1.43 bits per heavy atom. The summed E-state index contributed by atoms with van der Waals surface area (Å²) in [5, 5.41) is 16.0. The molecule has 0 amide bonds. The van der Waals surface area contributed by atoms with Crippen LogP contribution >= 0.6 is 22.6 Å². The Bertz CT molecular complexity index is 666. The van der Waals surface area contributed by atoms with Gasteiger partial charge in [-0.3, -0.25) is 10.1 Å². The van der Waals surface area contributed by atoms with Crippen molar-refractivity contribution < 1.29 is 9.66 Å². The molecule has 0 radical (unpaired) electrons. The minimum atomic E-state index is -1.10. The molecule has 1 aromatic heterocycles. The van der Waals surface area contributed by atoms with Crippen molar-refractivity contribution in [2.75, 3.05) is 6.61 Å².